The zero-order valence-corrected chi connectivity index (χ0v) is 21.9. The first kappa shape index (κ1) is 31.0. The number of aromatic nitrogens is 2. The molecule has 0 fully saturated rings. The van der Waals surface area contributed by atoms with E-state index >= 15 is 0 Å². The second-order valence-corrected chi connectivity index (χ2v) is 9.66. The normalized spacial score (nSPS) is 14.1. The third-order valence-electron chi connectivity index (χ3n) is 5.86. The zero-order valence-electron chi connectivity index (χ0n) is 21.9. The van der Waals surface area contributed by atoms with E-state index in [1.807, 2.05) is 13.8 Å². The van der Waals surface area contributed by atoms with E-state index in [0.29, 0.717) is 5.69 Å². The number of nitrogens with zero attached hydrogens (tertiary/aromatic N) is 1. The van der Waals surface area contributed by atoms with Crippen molar-refractivity contribution in [2.45, 2.75) is 70.1 Å². The Morgan fingerprint density at radius 3 is 2.03 bits per heavy atom. The van der Waals surface area contributed by atoms with Gasteiger partial charge >= 0.3 is 11.9 Å². The lowest BCUT2D eigenvalue weighted by Crippen LogP contribution is -2.58. The van der Waals surface area contributed by atoms with E-state index in [1.54, 1.807) is 30.3 Å². The first-order chi connectivity index (χ1) is 18.5. The topological polar surface area (TPSA) is 217 Å². The van der Waals surface area contributed by atoms with Gasteiger partial charge in [0.15, 0.2) is 0 Å². The Balaban J connectivity index is 2.25. The number of hydrogen-bond acceptors (Lipinski definition) is 7. The van der Waals surface area contributed by atoms with Crippen LogP contribution in [0.5, 0.6) is 0 Å². The van der Waals surface area contributed by atoms with Crippen LogP contribution >= 0.6 is 0 Å². The number of H-pyrrole nitrogens is 1. The highest BCUT2D eigenvalue weighted by molar-refractivity contribution is 5.94. The van der Waals surface area contributed by atoms with E-state index < -0.39 is 53.8 Å². The van der Waals surface area contributed by atoms with Gasteiger partial charge in [0.05, 0.1) is 12.4 Å². The average Bonchev–Trinajstić information content (AvgIpc) is 3.39. The molecule has 0 aliphatic heterocycles. The van der Waals surface area contributed by atoms with Gasteiger partial charge in [-0.25, -0.2) is 9.78 Å². The molecular formula is C26H36N6O7. The fourth-order valence-corrected chi connectivity index (χ4v) is 3.81. The summed E-state index contributed by atoms with van der Waals surface area (Å²) in [6.45, 7) is 3.66. The minimum absolute atomic E-state index is 0.00658. The lowest BCUT2D eigenvalue weighted by molar-refractivity contribution is -0.143. The van der Waals surface area contributed by atoms with Crippen LogP contribution in [-0.4, -0.2) is 74.0 Å². The van der Waals surface area contributed by atoms with Crippen LogP contribution in [0.1, 0.15) is 44.4 Å². The van der Waals surface area contributed by atoms with Crippen molar-refractivity contribution in [2.75, 3.05) is 0 Å². The Morgan fingerprint density at radius 2 is 1.49 bits per heavy atom. The molecule has 4 unspecified atom stereocenters. The number of nitrogens with one attached hydrogen (secondary N) is 4. The molecule has 2 aromatic rings. The van der Waals surface area contributed by atoms with Crippen molar-refractivity contribution >= 4 is 29.7 Å². The number of rotatable bonds is 16. The molecule has 0 saturated carbocycles. The van der Waals surface area contributed by atoms with Crippen LogP contribution in [0.15, 0.2) is 42.9 Å². The summed E-state index contributed by atoms with van der Waals surface area (Å²) in [5.74, 6) is -4.45. The SMILES string of the molecule is CC(C)CC(NC(=O)C(Cc1ccccc1)NC(=O)C(Cc1cnc[nH]1)NC(=O)C(N)CCC(=O)O)C(=O)O. The third-order valence-corrected chi connectivity index (χ3v) is 5.86. The number of imidazole rings is 1. The number of aliphatic carboxylic acids is 2. The van der Waals surface area contributed by atoms with Gasteiger partial charge in [0.2, 0.25) is 17.7 Å². The molecule has 0 aliphatic carbocycles. The van der Waals surface area contributed by atoms with Gasteiger partial charge < -0.3 is 36.9 Å². The predicted octanol–water partition coefficient (Wildman–Crippen LogP) is -0.0279. The molecule has 0 radical (unpaired) electrons. The summed E-state index contributed by atoms with van der Waals surface area (Å²) in [5.41, 5.74) is 7.05. The molecular weight excluding hydrogens is 508 g/mol. The van der Waals surface area contributed by atoms with E-state index in [9.17, 15) is 29.1 Å². The first-order valence-electron chi connectivity index (χ1n) is 12.6. The number of carbonyl (C=O) groups excluding carboxylic acids is 3. The van der Waals surface area contributed by atoms with Crippen molar-refractivity contribution in [1.82, 2.24) is 25.9 Å². The molecule has 0 bridgehead atoms. The lowest BCUT2D eigenvalue weighted by Gasteiger charge is -2.25. The van der Waals surface area contributed by atoms with Gasteiger partial charge in [-0.05, 0) is 24.3 Å². The van der Waals surface area contributed by atoms with Crippen LogP contribution in [0.4, 0.5) is 0 Å². The smallest absolute Gasteiger partial charge is 0.326 e. The van der Waals surface area contributed by atoms with E-state index in [4.69, 9.17) is 10.8 Å². The van der Waals surface area contributed by atoms with E-state index in [1.165, 1.54) is 12.5 Å². The molecule has 8 N–H and O–H groups in total. The Bertz CT molecular complexity index is 1110. The maximum Gasteiger partial charge on any atom is 0.326 e. The summed E-state index contributed by atoms with van der Waals surface area (Å²) in [6.07, 6.45) is 2.64. The number of carboxylic acid groups (broad SMARTS) is 2. The van der Waals surface area contributed by atoms with Crippen LogP contribution in [0, 0.1) is 5.92 Å². The lowest BCUT2D eigenvalue weighted by atomic mass is 10.0. The van der Waals surface area contributed by atoms with Crippen molar-refractivity contribution in [1.29, 1.82) is 0 Å². The molecule has 3 amide bonds. The fourth-order valence-electron chi connectivity index (χ4n) is 3.81. The molecule has 39 heavy (non-hydrogen) atoms. The van der Waals surface area contributed by atoms with Crippen molar-refractivity contribution in [3.8, 4) is 0 Å². The largest absolute Gasteiger partial charge is 0.481 e. The van der Waals surface area contributed by atoms with E-state index in [-0.39, 0.29) is 38.0 Å². The number of amides is 3. The van der Waals surface area contributed by atoms with Crippen LogP contribution in [0.25, 0.3) is 0 Å². The summed E-state index contributed by atoms with van der Waals surface area (Å²) >= 11 is 0. The van der Waals surface area contributed by atoms with Crippen molar-refractivity contribution in [3.63, 3.8) is 0 Å². The fraction of sp³-hybridized carbons (Fsp3) is 0.462. The Morgan fingerprint density at radius 1 is 0.897 bits per heavy atom. The molecule has 0 spiro atoms. The Kier molecular flexibility index (Phi) is 12.1. The minimum Gasteiger partial charge on any atom is -0.481 e. The highest BCUT2D eigenvalue weighted by Gasteiger charge is 2.31. The van der Waals surface area contributed by atoms with Crippen molar-refractivity contribution in [3.05, 3.63) is 54.1 Å². The van der Waals surface area contributed by atoms with Gasteiger partial charge in [-0.15, -0.1) is 0 Å². The maximum absolute atomic E-state index is 13.4. The second kappa shape index (κ2) is 15.2. The van der Waals surface area contributed by atoms with Crippen LogP contribution in [0.3, 0.4) is 0 Å². The number of nitrogens with two attached hydrogens (primary N) is 1. The Hall–Kier alpha value is -4.26. The minimum atomic E-state index is -1.19. The molecule has 13 heteroatoms. The first-order valence-corrected chi connectivity index (χ1v) is 12.6. The highest BCUT2D eigenvalue weighted by atomic mass is 16.4. The summed E-state index contributed by atoms with van der Waals surface area (Å²) in [7, 11) is 0. The highest BCUT2D eigenvalue weighted by Crippen LogP contribution is 2.09. The molecule has 1 aromatic heterocycles. The predicted molar refractivity (Wildman–Crippen MR) is 140 cm³/mol. The summed E-state index contributed by atoms with van der Waals surface area (Å²) in [5, 5.41) is 26.1. The quantitative estimate of drug-likeness (QED) is 0.151. The molecule has 0 aliphatic rings. The second-order valence-electron chi connectivity index (χ2n) is 9.66. The molecule has 1 heterocycles. The molecule has 1 aromatic carbocycles. The van der Waals surface area contributed by atoms with Gasteiger partial charge in [0, 0.05) is 31.2 Å². The van der Waals surface area contributed by atoms with Gasteiger partial charge in [0.25, 0.3) is 0 Å². The van der Waals surface area contributed by atoms with Crippen molar-refractivity contribution in [2.24, 2.45) is 11.7 Å². The maximum atomic E-state index is 13.4. The van der Waals surface area contributed by atoms with Gasteiger partial charge in [0.1, 0.15) is 18.1 Å². The molecule has 212 valence electrons. The number of hydrogen-bond donors (Lipinski definition) is 7. The molecule has 4 atom stereocenters. The average molecular weight is 545 g/mol. The summed E-state index contributed by atoms with van der Waals surface area (Å²) in [6, 6.07) is 4.19. The standard InChI is InChI=1S/C26H36N6O7/c1-15(2)10-21(26(38)39)32-24(36)19(11-16-6-4-3-5-7-16)31-25(37)20(12-17-13-28-14-29-17)30-23(35)18(27)8-9-22(33)34/h3-7,13-15,18-21H,8-12,27H2,1-2H3,(H,28,29)(H,30,35)(H,31,37)(H,32,36)(H,33,34)(H,38,39). The van der Waals surface area contributed by atoms with Crippen LogP contribution in [-0.2, 0) is 36.8 Å². The molecule has 13 nitrogen and oxygen atoms in total. The van der Waals surface area contributed by atoms with E-state index in [2.05, 4.69) is 25.9 Å². The monoisotopic (exact) mass is 544 g/mol. The van der Waals surface area contributed by atoms with E-state index in [0.717, 1.165) is 5.56 Å². The number of benzene rings is 1. The number of aromatic amines is 1. The third kappa shape index (κ3) is 10.9. The summed E-state index contributed by atoms with van der Waals surface area (Å²) < 4.78 is 0. The molecule has 2 rings (SSSR count). The van der Waals surface area contributed by atoms with Gasteiger partial charge in [-0.2, -0.15) is 0 Å². The Labute approximate surface area is 226 Å². The van der Waals surface area contributed by atoms with Gasteiger partial charge in [-0.1, -0.05) is 44.2 Å². The van der Waals surface area contributed by atoms with Crippen LogP contribution in [0.2, 0.25) is 0 Å². The zero-order chi connectivity index (χ0) is 28.9. The number of carbonyl (C=O) groups is 5. The number of carboxylic acids is 2. The van der Waals surface area contributed by atoms with Crippen molar-refractivity contribution < 1.29 is 34.2 Å². The van der Waals surface area contributed by atoms with Gasteiger partial charge in [-0.3, -0.25) is 19.2 Å². The molecule has 0 saturated heterocycles. The summed E-state index contributed by atoms with van der Waals surface area (Å²) in [4.78, 5) is 68.6. The van der Waals surface area contributed by atoms with Crippen LogP contribution < -0.4 is 21.7 Å².